The Labute approximate surface area is 119 Å². The number of aromatic carboxylic acids is 1. The van der Waals surface area contributed by atoms with Crippen LogP contribution in [0.3, 0.4) is 0 Å². The van der Waals surface area contributed by atoms with Gasteiger partial charge in [0.05, 0.1) is 28.4 Å². The number of rotatable bonds is 5. The summed E-state index contributed by atoms with van der Waals surface area (Å²) >= 11 is 7.37. The maximum atomic E-state index is 10.9. The molecule has 0 aliphatic carbocycles. The Kier molecular flexibility index (Phi) is 4.39. The number of hydrogen-bond donors (Lipinski definition) is 1. The highest BCUT2D eigenvalue weighted by Gasteiger charge is 2.10. The maximum absolute atomic E-state index is 10.9. The largest absolute Gasteiger partial charge is 0.493 e. The van der Waals surface area contributed by atoms with Gasteiger partial charge in [-0.1, -0.05) is 11.6 Å². The molecule has 0 aliphatic rings. The Morgan fingerprint density at radius 1 is 1.53 bits per heavy atom. The highest BCUT2D eigenvalue weighted by molar-refractivity contribution is 7.09. The fraction of sp³-hybridized carbons (Fsp3) is 0.231. The van der Waals surface area contributed by atoms with Gasteiger partial charge in [-0.2, -0.15) is 0 Å². The second-order valence-corrected chi connectivity index (χ2v) is 5.25. The van der Waals surface area contributed by atoms with E-state index in [2.05, 4.69) is 4.98 Å². The van der Waals surface area contributed by atoms with Crippen LogP contribution < -0.4 is 4.74 Å². The molecule has 0 saturated heterocycles. The molecule has 100 valence electrons. The fourth-order valence-corrected chi connectivity index (χ4v) is 2.55. The molecule has 0 saturated carbocycles. The average Bonchev–Trinajstić information content (AvgIpc) is 2.77. The first-order valence-electron chi connectivity index (χ1n) is 5.62. The number of hydrogen-bond acceptors (Lipinski definition) is 4. The van der Waals surface area contributed by atoms with Crippen LogP contribution in [0.25, 0.3) is 0 Å². The van der Waals surface area contributed by atoms with E-state index in [1.807, 2.05) is 6.92 Å². The first-order valence-corrected chi connectivity index (χ1v) is 6.88. The molecule has 0 radical (unpaired) electrons. The lowest BCUT2D eigenvalue weighted by Crippen LogP contribution is -2.03. The summed E-state index contributed by atoms with van der Waals surface area (Å²) in [6.07, 6.45) is 0.752. The van der Waals surface area contributed by atoms with E-state index in [0.717, 1.165) is 12.1 Å². The summed E-state index contributed by atoms with van der Waals surface area (Å²) < 4.78 is 5.54. The van der Waals surface area contributed by atoms with Gasteiger partial charge in [0.1, 0.15) is 5.75 Å². The Hall–Kier alpha value is -1.59. The molecule has 2 rings (SSSR count). The van der Waals surface area contributed by atoms with Gasteiger partial charge in [-0.15, -0.1) is 11.3 Å². The zero-order valence-electron chi connectivity index (χ0n) is 10.2. The van der Waals surface area contributed by atoms with Crippen LogP contribution in [0.2, 0.25) is 5.02 Å². The van der Waals surface area contributed by atoms with Gasteiger partial charge in [-0.05, 0) is 25.1 Å². The molecular formula is C13H12ClNO3S. The van der Waals surface area contributed by atoms with Crippen LogP contribution in [-0.2, 0) is 6.42 Å². The van der Waals surface area contributed by atoms with Crippen molar-refractivity contribution in [3.8, 4) is 5.75 Å². The molecule has 2 aromatic rings. The van der Waals surface area contributed by atoms with Crippen LogP contribution in [0.4, 0.5) is 0 Å². The predicted molar refractivity (Wildman–Crippen MR) is 74.5 cm³/mol. The highest BCUT2D eigenvalue weighted by atomic mass is 35.5. The van der Waals surface area contributed by atoms with E-state index >= 15 is 0 Å². The molecule has 0 aliphatic heterocycles. The number of ether oxygens (including phenoxy) is 1. The summed E-state index contributed by atoms with van der Waals surface area (Å²) in [4.78, 5) is 16.3. The second kappa shape index (κ2) is 6.04. The molecular weight excluding hydrogens is 286 g/mol. The van der Waals surface area contributed by atoms with Crippen LogP contribution in [0, 0.1) is 6.92 Å². The second-order valence-electron chi connectivity index (χ2n) is 3.91. The summed E-state index contributed by atoms with van der Waals surface area (Å²) in [5.41, 5.74) is 2.86. The zero-order valence-corrected chi connectivity index (χ0v) is 11.8. The van der Waals surface area contributed by atoms with Crippen molar-refractivity contribution in [1.29, 1.82) is 0 Å². The molecule has 1 N–H and O–H groups in total. The molecule has 1 heterocycles. The lowest BCUT2D eigenvalue weighted by Gasteiger charge is -2.07. The van der Waals surface area contributed by atoms with E-state index < -0.39 is 5.97 Å². The van der Waals surface area contributed by atoms with Crippen molar-refractivity contribution in [2.24, 2.45) is 0 Å². The van der Waals surface area contributed by atoms with Crippen molar-refractivity contribution < 1.29 is 14.6 Å². The van der Waals surface area contributed by atoms with E-state index in [1.54, 1.807) is 22.9 Å². The Morgan fingerprint density at radius 2 is 2.32 bits per heavy atom. The predicted octanol–water partition coefficient (Wildman–Crippen LogP) is 3.42. The van der Waals surface area contributed by atoms with E-state index in [9.17, 15) is 4.79 Å². The maximum Gasteiger partial charge on any atom is 0.337 e. The monoisotopic (exact) mass is 297 g/mol. The van der Waals surface area contributed by atoms with Crippen LogP contribution in [0.15, 0.2) is 23.7 Å². The molecule has 0 unspecified atom stereocenters. The van der Waals surface area contributed by atoms with Crippen molar-refractivity contribution in [2.75, 3.05) is 6.61 Å². The number of thiazole rings is 1. The fourth-order valence-electron chi connectivity index (χ4n) is 1.59. The average molecular weight is 298 g/mol. The first kappa shape index (κ1) is 13.8. The van der Waals surface area contributed by atoms with E-state index in [-0.39, 0.29) is 10.6 Å². The molecule has 6 heteroatoms. The van der Waals surface area contributed by atoms with Gasteiger partial charge in [0.2, 0.25) is 0 Å². The molecule has 0 spiro atoms. The number of carboxylic acids is 1. The van der Waals surface area contributed by atoms with Crippen molar-refractivity contribution in [3.05, 3.63) is 44.9 Å². The normalized spacial score (nSPS) is 10.4. The zero-order chi connectivity index (χ0) is 13.8. The molecule has 19 heavy (non-hydrogen) atoms. The van der Waals surface area contributed by atoms with Gasteiger partial charge in [-0.25, -0.2) is 9.78 Å². The quantitative estimate of drug-likeness (QED) is 0.918. The minimum Gasteiger partial charge on any atom is -0.493 e. The SMILES string of the molecule is Cc1ncsc1CCOc1ccc(Cl)c(C(=O)O)c1. The number of benzene rings is 1. The highest BCUT2D eigenvalue weighted by Crippen LogP contribution is 2.22. The van der Waals surface area contributed by atoms with Gasteiger partial charge in [0.25, 0.3) is 0 Å². The Bertz CT molecular complexity index is 597. The van der Waals surface area contributed by atoms with Gasteiger partial charge in [-0.3, -0.25) is 0 Å². The number of carbonyl (C=O) groups is 1. The van der Waals surface area contributed by atoms with Gasteiger partial charge >= 0.3 is 5.97 Å². The first-order chi connectivity index (χ1) is 9.08. The van der Waals surface area contributed by atoms with E-state index in [1.165, 1.54) is 17.0 Å². The van der Waals surface area contributed by atoms with Crippen LogP contribution >= 0.6 is 22.9 Å². The van der Waals surface area contributed by atoms with Crippen LogP contribution in [-0.4, -0.2) is 22.7 Å². The lowest BCUT2D eigenvalue weighted by atomic mass is 10.2. The van der Waals surface area contributed by atoms with E-state index in [4.69, 9.17) is 21.4 Å². The molecule has 0 atom stereocenters. The Balaban J connectivity index is 1.98. The number of aryl methyl sites for hydroxylation is 1. The molecule has 0 fully saturated rings. The lowest BCUT2D eigenvalue weighted by molar-refractivity contribution is 0.0696. The number of carboxylic acid groups (broad SMARTS) is 1. The van der Waals surface area contributed by atoms with Gasteiger partial charge < -0.3 is 9.84 Å². The summed E-state index contributed by atoms with van der Waals surface area (Å²) in [6.45, 7) is 2.43. The molecule has 0 amide bonds. The third-order valence-corrected chi connectivity index (χ3v) is 3.94. The standard InChI is InChI=1S/C13H12ClNO3S/c1-8-12(19-7-15-8)4-5-18-9-2-3-11(14)10(6-9)13(16)17/h2-3,6-7H,4-5H2,1H3,(H,16,17). The van der Waals surface area contributed by atoms with Crippen molar-refractivity contribution in [3.63, 3.8) is 0 Å². The smallest absolute Gasteiger partial charge is 0.337 e. The van der Waals surface area contributed by atoms with Gasteiger partial charge in [0.15, 0.2) is 0 Å². The van der Waals surface area contributed by atoms with Crippen molar-refractivity contribution in [2.45, 2.75) is 13.3 Å². The molecule has 1 aromatic carbocycles. The molecule has 0 bridgehead atoms. The Morgan fingerprint density at radius 3 is 2.95 bits per heavy atom. The van der Waals surface area contributed by atoms with Crippen molar-refractivity contribution >= 4 is 28.9 Å². The number of nitrogens with zero attached hydrogens (tertiary/aromatic N) is 1. The molecule has 4 nitrogen and oxygen atoms in total. The summed E-state index contributed by atoms with van der Waals surface area (Å²) in [7, 11) is 0. The molecule has 1 aromatic heterocycles. The summed E-state index contributed by atoms with van der Waals surface area (Å²) in [6, 6.07) is 4.62. The minimum atomic E-state index is -1.06. The number of halogens is 1. The van der Waals surface area contributed by atoms with Crippen LogP contribution in [0.5, 0.6) is 5.75 Å². The summed E-state index contributed by atoms with van der Waals surface area (Å²) in [5.74, 6) is -0.558. The number of aromatic nitrogens is 1. The summed E-state index contributed by atoms with van der Waals surface area (Å²) in [5, 5.41) is 9.16. The minimum absolute atomic E-state index is 0.0492. The van der Waals surface area contributed by atoms with E-state index in [0.29, 0.717) is 12.4 Å². The topological polar surface area (TPSA) is 59.4 Å². The van der Waals surface area contributed by atoms with Crippen molar-refractivity contribution in [1.82, 2.24) is 4.98 Å². The third kappa shape index (κ3) is 3.45. The van der Waals surface area contributed by atoms with Crippen LogP contribution in [0.1, 0.15) is 20.9 Å². The third-order valence-electron chi connectivity index (χ3n) is 2.61. The van der Waals surface area contributed by atoms with Gasteiger partial charge in [0, 0.05) is 11.3 Å².